The van der Waals surface area contributed by atoms with E-state index in [4.69, 9.17) is 11.6 Å². The van der Waals surface area contributed by atoms with Gasteiger partial charge in [0.05, 0.1) is 24.1 Å². The fourth-order valence-corrected chi connectivity index (χ4v) is 2.65. The summed E-state index contributed by atoms with van der Waals surface area (Å²) in [6, 6.07) is 10.5. The van der Waals surface area contributed by atoms with E-state index in [9.17, 15) is 18.7 Å². The van der Waals surface area contributed by atoms with Gasteiger partial charge in [0.2, 0.25) is 5.91 Å². The van der Waals surface area contributed by atoms with Crippen molar-refractivity contribution in [3.8, 4) is 0 Å². The summed E-state index contributed by atoms with van der Waals surface area (Å²) in [5, 5.41) is 18.3. The highest BCUT2D eigenvalue weighted by Gasteiger charge is 2.23. The van der Waals surface area contributed by atoms with Gasteiger partial charge >= 0.3 is 0 Å². The first-order chi connectivity index (χ1) is 13.4. The van der Waals surface area contributed by atoms with Crippen molar-refractivity contribution < 1.29 is 18.7 Å². The third-order valence-corrected chi connectivity index (χ3v) is 4.25. The molecule has 0 aliphatic carbocycles. The molecule has 0 radical (unpaired) electrons. The Morgan fingerprint density at radius 3 is 2.68 bits per heavy atom. The molecular weight excluding hydrogens is 390 g/mol. The molecule has 0 saturated heterocycles. The first-order valence-electron chi connectivity index (χ1n) is 8.41. The molecule has 2 aromatic rings. The number of rotatable bonds is 6. The highest BCUT2D eigenvalue weighted by atomic mass is 35.5. The molecule has 1 aromatic heterocycles. The molecule has 2 N–H and O–H groups in total. The van der Waals surface area contributed by atoms with Crippen LogP contribution < -0.4 is 10.3 Å². The van der Waals surface area contributed by atoms with Crippen molar-refractivity contribution in [2.24, 2.45) is 5.10 Å². The van der Waals surface area contributed by atoms with Crippen LogP contribution in [0.25, 0.3) is 0 Å². The van der Waals surface area contributed by atoms with Gasteiger partial charge < -0.3 is 10.4 Å². The van der Waals surface area contributed by atoms with Crippen molar-refractivity contribution >= 4 is 28.9 Å². The van der Waals surface area contributed by atoms with Gasteiger partial charge in [-0.25, -0.2) is 8.78 Å². The van der Waals surface area contributed by atoms with E-state index in [0.717, 1.165) is 5.56 Å². The van der Waals surface area contributed by atoms with E-state index in [1.807, 2.05) is 0 Å². The molecule has 0 bridgehead atoms. The number of carbonyl (C=O) groups excluding carboxylic acids is 1. The summed E-state index contributed by atoms with van der Waals surface area (Å²) >= 11 is 5.93. The Hall–Kier alpha value is -2.84. The smallest absolute Gasteiger partial charge is 0.265 e. The van der Waals surface area contributed by atoms with Crippen LogP contribution in [0.15, 0.2) is 65.5 Å². The lowest BCUT2D eigenvalue weighted by molar-refractivity contribution is -0.118. The van der Waals surface area contributed by atoms with E-state index in [0.29, 0.717) is 22.0 Å². The van der Waals surface area contributed by atoms with Crippen LogP contribution in [-0.2, 0) is 4.79 Å². The number of hydrogen-bond donors (Lipinski definition) is 2. The molecule has 6 nitrogen and oxygen atoms in total. The van der Waals surface area contributed by atoms with Crippen molar-refractivity contribution in [3.63, 3.8) is 0 Å². The molecule has 9 heteroatoms. The lowest BCUT2D eigenvalue weighted by Crippen LogP contribution is -2.39. The lowest BCUT2D eigenvalue weighted by atomic mass is 10.0. The largest absolute Gasteiger partial charge is 0.385 e. The Balaban J connectivity index is 1.87. The van der Waals surface area contributed by atoms with E-state index in [1.165, 1.54) is 0 Å². The number of hydrogen-bond acceptors (Lipinski definition) is 5. The topological polar surface area (TPSA) is 77.8 Å². The Morgan fingerprint density at radius 1 is 1.29 bits per heavy atom. The Bertz CT molecular complexity index is 889. The maximum atomic E-state index is 12.5. The zero-order valence-electron chi connectivity index (χ0n) is 14.6. The molecule has 1 atom stereocenters. The van der Waals surface area contributed by atoms with E-state index in [-0.39, 0.29) is 6.54 Å². The van der Waals surface area contributed by atoms with Crippen LogP contribution in [0.4, 0.5) is 14.5 Å². The van der Waals surface area contributed by atoms with Crippen molar-refractivity contribution in [1.29, 1.82) is 0 Å². The highest BCUT2D eigenvalue weighted by molar-refractivity contribution is 6.30. The molecular formula is C19H17ClF2N4O2. The molecule has 28 heavy (non-hydrogen) atoms. The van der Waals surface area contributed by atoms with Crippen molar-refractivity contribution in [3.05, 3.63) is 71.0 Å². The number of pyridine rings is 1. The van der Waals surface area contributed by atoms with E-state index < -0.39 is 25.0 Å². The normalized spacial score (nSPS) is 15.1. The molecule has 1 aromatic carbocycles. The van der Waals surface area contributed by atoms with Gasteiger partial charge in [-0.15, -0.1) is 0 Å². The van der Waals surface area contributed by atoms with Crippen LogP contribution in [-0.4, -0.2) is 47.3 Å². The molecule has 2 heterocycles. The number of nitrogens with one attached hydrogen (secondary N) is 1. The second-order valence-corrected chi connectivity index (χ2v) is 6.48. The first kappa shape index (κ1) is 19.9. The van der Waals surface area contributed by atoms with Gasteiger partial charge in [-0.05, 0) is 30.3 Å². The molecule has 0 spiro atoms. The van der Waals surface area contributed by atoms with Crippen molar-refractivity contribution in [2.45, 2.75) is 12.5 Å². The van der Waals surface area contributed by atoms with Crippen LogP contribution in [0.2, 0.25) is 5.02 Å². The van der Waals surface area contributed by atoms with E-state index >= 15 is 0 Å². The number of aromatic nitrogens is 1. The molecule has 3 rings (SSSR count). The second kappa shape index (κ2) is 8.90. The Morgan fingerprint density at radius 2 is 2.04 bits per heavy atom. The van der Waals surface area contributed by atoms with Gasteiger partial charge in [0.15, 0.2) is 0 Å². The maximum Gasteiger partial charge on any atom is 0.265 e. The summed E-state index contributed by atoms with van der Waals surface area (Å²) in [6.45, 7) is -0.423. The third-order valence-electron chi connectivity index (χ3n) is 4.00. The zero-order valence-corrected chi connectivity index (χ0v) is 15.4. The number of amides is 1. The third kappa shape index (κ3) is 4.90. The number of alkyl halides is 2. The highest BCUT2D eigenvalue weighted by Crippen LogP contribution is 2.21. The number of hydrazone groups is 1. The predicted octanol–water partition coefficient (Wildman–Crippen LogP) is 2.63. The quantitative estimate of drug-likeness (QED) is 0.773. The molecule has 1 aliphatic rings. The van der Waals surface area contributed by atoms with Gasteiger partial charge in [-0.3, -0.25) is 14.8 Å². The average molecular weight is 407 g/mol. The summed E-state index contributed by atoms with van der Waals surface area (Å²) in [7, 11) is 0. The average Bonchev–Trinajstić information content (AvgIpc) is 2.72. The van der Waals surface area contributed by atoms with Gasteiger partial charge in [-0.1, -0.05) is 23.7 Å². The summed E-state index contributed by atoms with van der Waals surface area (Å²) in [6.07, 6.45) is -0.0532. The Labute approximate surface area is 165 Å². The Kier molecular flexibility index (Phi) is 6.33. The molecule has 0 saturated carbocycles. The molecule has 146 valence electrons. The van der Waals surface area contributed by atoms with Crippen LogP contribution in [0.3, 0.4) is 0 Å². The number of anilines is 1. The van der Waals surface area contributed by atoms with Crippen molar-refractivity contribution in [2.75, 3.05) is 18.1 Å². The number of benzene rings is 1. The summed E-state index contributed by atoms with van der Waals surface area (Å²) < 4.78 is 24.9. The minimum atomic E-state index is -2.93. The molecule has 1 amide bonds. The number of aliphatic hydroxyl groups is 1. The van der Waals surface area contributed by atoms with Crippen LogP contribution in [0.1, 0.15) is 5.56 Å². The fourth-order valence-electron chi connectivity index (χ4n) is 2.52. The fraction of sp³-hybridized carbons (Fsp3) is 0.211. The summed E-state index contributed by atoms with van der Waals surface area (Å²) in [4.78, 5) is 16.5. The second-order valence-electron chi connectivity index (χ2n) is 6.04. The standard InChI is InChI=1S/C19H17ClF2N4O2/c20-14-5-3-12(4-6-14)16-8-13(19(28)24-10-17(27)18(21)22)11-26(25-16)15-2-1-7-23-9-15/h1-9,17-18,27H,10-11H2,(H,24,28). The zero-order chi connectivity index (χ0) is 20.1. The van der Waals surface area contributed by atoms with Gasteiger partial charge in [0.25, 0.3) is 6.43 Å². The molecule has 1 unspecified atom stereocenters. The number of halogens is 3. The summed E-state index contributed by atoms with van der Waals surface area (Å²) in [5.74, 6) is -0.560. The van der Waals surface area contributed by atoms with Crippen molar-refractivity contribution in [1.82, 2.24) is 10.3 Å². The van der Waals surface area contributed by atoms with E-state index in [1.54, 1.807) is 59.9 Å². The predicted molar refractivity (Wildman–Crippen MR) is 103 cm³/mol. The van der Waals surface area contributed by atoms with Gasteiger partial charge in [0, 0.05) is 28.9 Å². The minimum absolute atomic E-state index is 0.124. The lowest BCUT2D eigenvalue weighted by Gasteiger charge is -2.25. The van der Waals surface area contributed by atoms with Gasteiger partial charge in [-0.2, -0.15) is 5.10 Å². The summed E-state index contributed by atoms with van der Waals surface area (Å²) in [5.41, 5.74) is 2.22. The monoisotopic (exact) mass is 406 g/mol. The van der Waals surface area contributed by atoms with Crippen LogP contribution >= 0.6 is 11.6 Å². The van der Waals surface area contributed by atoms with Crippen LogP contribution in [0, 0.1) is 0 Å². The number of nitrogens with zero attached hydrogens (tertiary/aromatic N) is 3. The maximum absolute atomic E-state index is 12.5. The van der Waals surface area contributed by atoms with E-state index in [2.05, 4.69) is 15.4 Å². The number of allylic oxidation sites excluding steroid dienone is 1. The minimum Gasteiger partial charge on any atom is -0.385 e. The van der Waals surface area contributed by atoms with Gasteiger partial charge in [0.1, 0.15) is 6.10 Å². The van der Waals surface area contributed by atoms with Crippen LogP contribution in [0.5, 0.6) is 0 Å². The number of carbonyl (C=O) groups is 1. The molecule has 0 fully saturated rings. The first-order valence-corrected chi connectivity index (χ1v) is 8.79. The SMILES string of the molecule is O=C(NCC(O)C(F)F)C1=CC(c2ccc(Cl)cc2)=NN(c2cccnc2)C1. The molecule has 1 aliphatic heterocycles. The number of aliphatic hydroxyl groups excluding tert-OH is 1.